The van der Waals surface area contributed by atoms with Crippen LogP contribution in [0.5, 0.6) is 0 Å². The van der Waals surface area contributed by atoms with Gasteiger partial charge in [-0.25, -0.2) is 0 Å². The van der Waals surface area contributed by atoms with E-state index in [1.54, 1.807) is 0 Å². The molecule has 0 aromatic heterocycles. The van der Waals surface area contributed by atoms with Crippen LogP contribution in [-0.2, 0) is 4.79 Å². The number of hydrogen-bond acceptors (Lipinski definition) is 1. The number of nitrogens with zero attached hydrogens (tertiary/aromatic N) is 1. The van der Waals surface area contributed by atoms with Crippen molar-refractivity contribution < 1.29 is 21.8 Å². The fourth-order valence-electron chi connectivity index (χ4n) is 4.21. The molecular weight excluding hydrogens is 485 g/mol. The molecule has 0 bridgehead atoms. The molecule has 4 rings (SSSR count). The molecule has 0 spiro atoms. The van der Waals surface area contributed by atoms with Gasteiger partial charge in [-0.1, -0.05) is 0 Å². The van der Waals surface area contributed by atoms with Crippen molar-refractivity contribution >= 4 is 32.5 Å². The molecule has 0 aliphatic carbocycles. The summed E-state index contributed by atoms with van der Waals surface area (Å²) in [7, 11) is 0. The van der Waals surface area contributed by atoms with Crippen LogP contribution in [0.3, 0.4) is 0 Å². The molecule has 1 saturated heterocycles. The second kappa shape index (κ2) is 10.3. The zero-order valence-electron chi connectivity index (χ0n) is 16.6. The van der Waals surface area contributed by atoms with E-state index in [2.05, 4.69) is 95.9 Å². The Labute approximate surface area is 187 Å². The third-order valence-electron chi connectivity index (χ3n) is 5.67. The van der Waals surface area contributed by atoms with E-state index in [0.717, 1.165) is 25.9 Å². The number of hydrogen-bond donors (Lipinski definition) is 0. The molecule has 0 saturated carbocycles. The van der Waals surface area contributed by atoms with Crippen LogP contribution in [0, 0.1) is 0 Å². The van der Waals surface area contributed by atoms with E-state index >= 15 is 0 Å². The second-order valence-corrected chi connectivity index (χ2v) is 14.7. The standard InChI is InChI=1S/C25H27AsNO.BrH/c28-25(27-19-11-4-12-20-27)21-26(22-13-5-1-6-14-22,23-15-7-2-8-16-23)24-17-9-3-10-18-24;/h1-3,5-10,13-18H,4,11-12,19-21H2;1H/q+1;/p-1. The number of carbonyl (C=O) groups is 1. The van der Waals surface area contributed by atoms with Crippen LogP contribution >= 0.6 is 0 Å². The number of benzene rings is 3. The minimum absolute atomic E-state index is 0. The topological polar surface area (TPSA) is 20.3 Å². The fourth-order valence-corrected chi connectivity index (χ4v) is 12.8. The number of rotatable bonds is 5. The molecule has 0 radical (unpaired) electrons. The van der Waals surface area contributed by atoms with Crippen molar-refractivity contribution in [1.29, 1.82) is 0 Å². The van der Waals surface area contributed by atoms with Gasteiger partial charge in [0, 0.05) is 0 Å². The summed E-state index contributed by atoms with van der Waals surface area (Å²) in [5.74, 6) is 0.323. The Kier molecular flexibility index (Phi) is 7.75. The Morgan fingerprint density at radius 3 is 1.41 bits per heavy atom. The van der Waals surface area contributed by atoms with Crippen LogP contribution in [0.25, 0.3) is 0 Å². The molecule has 1 heterocycles. The van der Waals surface area contributed by atoms with Crippen LogP contribution in [0.15, 0.2) is 91.0 Å². The minimum atomic E-state index is -2.93. The summed E-state index contributed by atoms with van der Waals surface area (Å²) in [6.07, 6.45) is 3.50. The normalized spacial score (nSPS) is 14.1. The average Bonchev–Trinajstić information content (AvgIpc) is 2.80. The molecule has 150 valence electrons. The van der Waals surface area contributed by atoms with Gasteiger partial charge < -0.3 is 17.0 Å². The molecule has 4 heteroatoms. The zero-order valence-corrected chi connectivity index (χ0v) is 20.0. The van der Waals surface area contributed by atoms with E-state index in [9.17, 15) is 4.79 Å². The largest absolute Gasteiger partial charge is 1.00 e. The molecule has 29 heavy (non-hydrogen) atoms. The molecule has 3 aromatic rings. The van der Waals surface area contributed by atoms with Crippen LogP contribution in [-0.4, -0.2) is 37.4 Å². The molecule has 2 nitrogen and oxygen atoms in total. The van der Waals surface area contributed by atoms with Gasteiger partial charge in [0.05, 0.1) is 0 Å². The Hall–Kier alpha value is -1.83. The zero-order chi connectivity index (χ0) is 19.2. The van der Waals surface area contributed by atoms with E-state index in [4.69, 9.17) is 0 Å². The van der Waals surface area contributed by atoms with Gasteiger partial charge in [-0.05, 0) is 0 Å². The van der Waals surface area contributed by atoms with Crippen molar-refractivity contribution in [3.63, 3.8) is 0 Å². The van der Waals surface area contributed by atoms with Gasteiger partial charge in [-0.3, -0.25) is 0 Å². The molecule has 0 atom stereocenters. The number of amides is 1. The van der Waals surface area contributed by atoms with Crippen LogP contribution in [0.4, 0.5) is 0 Å². The summed E-state index contributed by atoms with van der Waals surface area (Å²) in [4.78, 5) is 15.6. The van der Waals surface area contributed by atoms with Gasteiger partial charge in [0.25, 0.3) is 0 Å². The van der Waals surface area contributed by atoms with E-state index in [1.165, 1.54) is 19.5 Å². The minimum Gasteiger partial charge on any atom is -1.00 e. The summed E-state index contributed by atoms with van der Waals surface area (Å²) >= 11 is -2.93. The number of piperidine rings is 1. The van der Waals surface area contributed by atoms with Crippen molar-refractivity contribution in [2.75, 3.05) is 13.1 Å². The first kappa shape index (κ1) is 21.9. The summed E-state index contributed by atoms with van der Waals surface area (Å²) in [5.41, 5.74) is 0. The Balaban J connectivity index is 0.00000240. The Bertz CT molecular complexity index is 799. The van der Waals surface area contributed by atoms with Crippen molar-refractivity contribution in [1.82, 2.24) is 4.90 Å². The van der Waals surface area contributed by atoms with E-state index in [-0.39, 0.29) is 17.0 Å². The van der Waals surface area contributed by atoms with E-state index < -0.39 is 13.6 Å². The molecular formula is C25H27AsBrNO. The van der Waals surface area contributed by atoms with E-state index in [0.29, 0.717) is 11.1 Å². The van der Waals surface area contributed by atoms with Crippen molar-refractivity contribution in [3.8, 4) is 0 Å². The van der Waals surface area contributed by atoms with Crippen LogP contribution < -0.4 is 30.0 Å². The summed E-state index contributed by atoms with van der Waals surface area (Å²) in [5, 5.41) is 0.621. The van der Waals surface area contributed by atoms with Crippen molar-refractivity contribution in [2.45, 2.75) is 24.5 Å². The van der Waals surface area contributed by atoms with Crippen molar-refractivity contribution in [3.05, 3.63) is 91.0 Å². The number of carbonyl (C=O) groups excluding carboxylic acids is 1. The Morgan fingerprint density at radius 2 is 1.03 bits per heavy atom. The molecule has 3 aromatic carbocycles. The van der Waals surface area contributed by atoms with Gasteiger partial charge in [0.1, 0.15) is 0 Å². The van der Waals surface area contributed by atoms with Gasteiger partial charge in [-0.15, -0.1) is 0 Å². The first-order valence-corrected chi connectivity index (χ1v) is 14.3. The predicted molar refractivity (Wildman–Crippen MR) is 119 cm³/mol. The molecule has 1 amide bonds. The number of halogens is 1. The second-order valence-electron chi connectivity index (χ2n) is 7.42. The summed E-state index contributed by atoms with van der Waals surface area (Å²) < 4.78 is 4.01. The van der Waals surface area contributed by atoms with Gasteiger partial charge in [0.2, 0.25) is 0 Å². The maximum absolute atomic E-state index is 13.5. The van der Waals surface area contributed by atoms with Gasteiger partial charge in [0.15, 0.2) is 0 Å². The predicted octanol–water partition coefficient (Wildman–Crippen LogP) is 0.173. The van der Waals surface area contributed by atoms with Crippen LogP contribution in [0.2, 0.25) is 5.21 Å². The third-order valence-corrected chi connectivity index (χ3v) is 14.7. The van der Waals surface area contributed by atoms with Crippen LogP contribution in [0.1, 0.15) is 19.3 Å². The molecule has 1 fully saturated rings. The smallest absolute Gasteiger partial charge is 1.00 e. The quantitative estimate of drug-likeness (QED) is 0.447. The fraction of sp³-hybridized carbons (Fsp3) is 0.240. The molecule has 1 aliphatic heterocycles. The Morgan fingerprint density at radius 1 is 0.655 bits per heavy atom. The summed E-state index contributed by atoms with van der Waals surface area (Å²) in [6.45, 7) is 1.82. The average molecular weight is 512 g/mol. The monoisotopic (exact) mass is 511 g/mol. The van der Waals surface area contributed by atoms with E-state index in [1.807, 2.05) is 0 Å². The summed E-state index contributed by atoms with van der Waals surface area (Å²) in [6, 6.07) is 32.3. The SMILES string of the molecule is O=C(C[As+](c1ccccc1)(c1ccccc1)c1ccccc1)N1CCCCC1.[Br-]. The first-order valence-electron chi connectivity index (χ1n) is 10.1. The maximum atomic E-state index is 13.5. The maximum Gasteiger partial charge on any atom is -1.00 e. The molecule has 1 aliphatic rings. The van der Waals surface area contributed by atoms with Crippen molar-refractivity contribution in [2.24, 2.45) is 0 Å². The molecule has 0 N–H and O–H groups in total. The third kappa shape index (κ3) is 4.68. The number of likely N-dealkylation sites (tertiary alicyclic amines) is 1. The van der Waals surface area contributed by atoms with Gasteiger partial charge >= 0.3 is 171 Å². The molecule has 0 unspecified atom stereocenters. The first-order chi connectivity index (χ1) is 13.8. The van der Waals surface area contributed by atoms with Gasteiger partial charge in [-0.2, -0.15) is 0 Å².